The van der Waals surface area contributed by atoms with Crippen molar-refractivity contribution in [2.75, 3.05) is 5.32 Å². The number of nitrogens with zero attached hydrogens (tertiary/aromatic N) is 2. The highest BCUT2D eigenvalue weighted by molar-refractivity contribution is 9.10. The predicted octanol–water partition coefficient (Wildman–Crippen LogP) is 3.90. The Bertz CT molecular complexity index is 619. The Hall–Kier alpha value is -1.82. The van der Waals surface area contributed by atoms with Gasteiger partial charge in [0.2, 0.25) is 5.91 Å². The second-order valence-corrected chi connectivity index (χ2v) is 5.54. The topological polar surface area (TPSA) is 54.9 Å². The van der Waals surface area contributed by atoms with Crippen LogP contribution in [-0.4, -0.2) is 15.9 Å². The molecule has 0 aliphatic carbocycles. The summed E-state index contributed by atoms with van der Waals surface area (Å²) in [6.45, 7) is 2.02. The van der Waals surface area contributed by atoms with Gasteiger partial charge in [-0.25, -0.2) is 9.37 Å². The molecule has 0 saturated heterocycles. The summed E-state index contributed by atoms with van der Waals surface area (Å²) < 4.78 is 13.7. The number of hydrogen-bond donors (Lipinski definition) is 1. The van der Waals surface area contributed by atoms with Gasteiger partial charge < -0.3 is 5.32 Å². The fourth-order valence-electron chi connectivity index (χ4n) is 2.02. The maximum absolute atomic E-state index is 12.8. The van der Waals surface area contributed by atoms with Gasteiger partial charge in [0.05, 0.1) is 12.1 Å². The fraction of sp³-hybridized carbons (Fsp3) is 0.267. The summed E-state index contributed by atoms with van der Waals surface area (Å²) in [5.74, 6) is -0.581. The summed E-state index contributed by atoms with van der Waals surface area (Å²) in [4.78, 5) is 20.3. The molecule has 2 aromatic heterocycles. The van der Waals surface area contributed by atoms with Crippen molar-refractivity contribution in [3.05, 3.63) is 52.6 Å². The molecular formula is C15H15BrFN3O. The Balaban J connectivity index is 2.17. The molecule has 1 unspecified atom stereocenters. The van der Waals surface area contributed by atoms with Crippen molar-refractivity contribution in [2.24, 2.45) is 0 Å². The fourth-order valence-corrected chi connectivity index (χ4v) is 2.40. The van der Waals surface area contributed by atoms with Crippen LogP contribution < -0.4 is 5.32 Å². The van der Waals surface area contributed by atoms with Crippen molar-refractivity contribution in [1.82, 2.24) is 9.97 Å². The van der Waals surface area contributed by atoms with Crippen LogP contribution in [0.2, 0.25) is 0 Å². The molecule has 2 aromatic rings. The number of rotatable bonds is 5. The maximum Gasteiger partial charge on any atom is 0.233 e. The van der Waals surface area contributed by atoms with Gasteiger partial charge in [-0.15, -0.1) is 0 Å². The first-order valence-electron chi connectivity index (χ1n) is 6.63. The summed E-state index contributed by atoms with van der Waals surface area (Å²) in [6.07, 6.45) is 5.99. The SMILES string of the molecule is CCCC(C(=O)Nc1ccc(F)cn1)c1cncc(Br)c1. The van der Waals surface area contributed by atoms with E-state index in [-0.39, 0.29) is 11.8 Å². The first kappa shape index (κ1) is 15.6. The van der Waals surface area contributed by atoms with E-state index in [2.05, 4.69) is 31.2 Å². The van der Waals surface area contributed by atoms with Crippen LogP contribution in [0.5, 0.6) is 0 Å². The van der Waals surface area contributed by atoms with E-state index in [9.17, 15) is 9.18 Å². The van der Waals surface area contributed by atoms with E-state index in [1.807, 2.05) is 13.0 Å². The van der Waals surface area contributed by atoms with Gasteiger partial charge in [0.15, 0.2) is 0 Å². The Morgan fingerprint density at radius 3 is 2.81 bits per heavy atom. The van der Waals surface area contributed by atoms with Gasteiger partial charge in [0, 0.05) is 16.9 Å². The van der Waals surface area contributed by atoms with Crippen molar-refractivity contribution in [1.29, 1.82) is 0 Å². The van der Waals surface area contributed by atoms with E-state index in [1.54, 1.807) is 12.4 Å². The summed E-state index contributed by atoms with van der Waals surface area (Å²) in [7, 11) is 0. The molecule has 0 aliphatic heterocycles. The normalized spacial score (nSPS) is 12.0. The van der Waals surface area contributed by atoms with E-state index in [0.29, 0.717) is 12.2 Å². The van der Waals surface area contributed by atoms with Gasteiger partial charge in [0.1, 0.15) is 11.6 Å². The third-order valence-electron chi connectivity index (χ3n) is 3.00. The van der Waals surface area contributed by atoms with Gasteiger partial charge in [-0.1, -0.05) is 13.3 Å². The third-order valence-corrected chi connectivity index (χ3v) is 3.43. The smallest absolute Gasteiger partial charge is 0.233 e. The summed E-state index contributed by atoms with van der Waals surface area (Å²) >= 11 is 3.36. The monoisotopic (exact) mass is 351 g/mol. The van der Waals surface area contributed by atoms with Crippen LogP contribution in [0, 0.1) is 5.82 Å². The molecule has 1 N–H and O–H groups in total. The van der Waals surface area contributed by atoms with Crippen LogP contribution in [0.3, 0.4) is 0 Å². The molecular weight excluding hydrogens is 337 g/mol. The largest absolute Gasteiger partial charge is 0.310 e. The lowest BCUT2D eigenvalue weighted by molar-refractivity contribution is -0.117. The van der Waals surface area contributed by atoms with Crippen molar-refractivity contribution in [2.45, 2.75) is 25.7 Å². The minimum Gasteiger partial charge on any atom is -0.310 e. The predicted molar refractivity (Wildman–Crippen MR) is 82.4 cm³/mol. The van der Waals surface area contributed by atoms with E-state index in [4.69, 9.17) is 0 Å². The molecule has 0 saturated carbocycles. The molecule has 6 heteroatoms. The number of carbonyl (C=O) groups is 1. The molecule has 110 valence electrons. The van der Waals surface area contributed by atoms with Gasteiger partial charge in [-0.2, -0.15) is 0 Å². The lowest BCUT2D eigenvalue weighted by Crippen LogP contribution is -2.22. The maximum atomic E-state index is 12.8. The Labute approximate surface area is 130 Å². The molecule has 0 spiro atoms. The Morgan fingerprint density at radius 1 is 1.38 bits per heavy atom. The first-order valence-corrected chi connectivity index (χ1v) is 7.42. The highest BCUT2D eigenvalue weighted by Gasteiger charge is 2.20. The van der Waals surface area contributed by atoms with Crippen LogP contribution in [0.25, 0.3) is 0 Å². The van der Waals surface area contributed by atoms with E-state index < -0.39 is 5.82 Å². The second kappa shape index (κ2) is 7.26. The van der Waals surface area contributed by atoms with E-state index >= 15 is 0 Å². The van der Waals surface area contributed by atoms with Crippen molar-refractivity contribution in [3.63, 3.8) is 0 Å². The minimum absolute atomic E-state index is 0.171. The third kappa shape index (κ3) is 4.32. The number of halogens is 2. The minimum atomic E-state index is -0.436. The highest BCUT2D eigenvalue weighted by Crippen LogP contribution is 2.24. The second-order valence-electron chi connectivity index (χ2n) is 4.63. The number of aromatic nitrogens is 2. The average Bonchev–Trinajstić information content (AvgIpc) is 2.47. The van der Waals surface area contributed by atoms with Crippen LogP contribution in [0.15, 0.2) is 41.3 Å². The molecule has 1 atom stereocenters. The molecule has 0 aliphatic rings. The molecule has 2 heterocycles. The standard InChI is InChI=1S/C15H15BrFN3O/c1-2-3-13(10-6-11(16)8-18-7-10)15(21)20-14-5-4-12(17)9-19-14/h4-9,13H,2-3H2,1H3,(H,19,20,21). The lowest BCUT2D eigenvalue weighted by atomic mass is 9.95. The lowest BCUT2D eigenvalue weighted by Gasteiger charge is -2.16. The average molecular weight is 352 g/mol. The van der Waals surface area contributed by atoms with Crippen LogP contribution in [0.4, 0.5) is 10.2 Å². The Morgan fingerprint density at radius 2 is 2.19 bits per heavy atom. The number of hydrogen-bond acceptors (Lipinski definition) is 3. The molecule has 21 heavy (non-hydrogen) atoms. The molecule has 1 amide bonds. The van der Waals surface area contributed by atoms with Gasteiger partial charge in [0.25, 0.3) is 0 Å². The van der Waals surface area contributed by atoms with E-state index in [0.717, 1.165) is 22.7 Å². The molecule has 0 aromatic carbocycles. The zero-order valence-corrected chi connectivity index (χ0v) is 13.1. The van der Waals surface area contributed by atoms with Gasteiger partial charge in [-0.05, 0) is 46.1 Å². The van der Waals surface area contributed by atoms with Gasteiger partial charge in [-0.3, -0.25) is 9.78 Å². The summed E-state index contributed by atoms with van der Waals surface area (Å²) in [5, 5.41) is 2.71. The number of anilines is 1. The zero-order valence-electron chi connectivity index (χ0n) is 11.5. The molecule has 0 radical (unpaired) electrons. The van der Waals surface area contributed by atoms with E-state index in [1.165, 1.54) is 12.1 Å². The van der Waals surface area contributed by atoms with Crippen molar-refractivity contribution >= 4 is 27.7 Å². The molecule has 4 nitrogen and oxygen atoms in total. The Kier molecular flexibility index (Phi) is 5.38. The molecule has 0 bridgehead atoms. The molecule has 0 fully saturated rings. The van der Waals surface area contributed by atoms with Crippen LogP contribution in [0.1, 0.15) is 31.2 Å². The van der Waals surface area contributed by atoms with Crippen LogP contribution in [-0.2, 0) is 4.79 Å². The number of nitrogens with one attached hydrogen (secondary N) is 1. The summed E-state index contributed by atoms with van der Waals surface area (Å²) in [5.41, 5.74) is 0.839. The van der Waals surface area contributed by atoms with Crippen molar-refractivity contribution in [3.8, 4) is 0 Å². The van der Waals surface area contributed by atoms with Crippen LogP contribution >= 0.6 is 15.9 Å². The first-order chi connectivity index (χ1) is 10.1. The van der Waals surface area contributed by atoms with Crippen molar-refractivity contribution < 1.29 is 9.18 Å². The zero-order chi connectivity index (χ0) is 15.2. The molecule has 2 rings (SSSR count). The van der Waals surface area contributed by atoms with Gasteiger partial charge >= 0.3 is 0 Å². The number of pyridine rings is 2. The number of amides is 1. The summed E-state index contributed by atoms with van der Waals surface area (Å²) in [6, 6.07) is 4.58. The highest BCUT2D eigenvalue weighted by atomic mass is 79.9. The quantitative estimate of drug-likeness (QED) is 0.888. The number of carbonyl (C=O) groups excluding carboxylic acids is 1.